The zero-order chi connectivity index (χ0) is 14.3. The second-order valence-electron chi connectivity index (χ2n) is 4.57. The number of hydrogen-bond donors (Lipinski definition) is 0. The van der Waals surface area contributed by atoms with E-state index >= 15 is 0 Å². The van der Waals surface area contributed by atoms with Crippen LogP contribution in [0.2, 0.25) is 0 Å². The van der Waals surface area contributed by atoms with Crippen molar-refractivity contribution in [1.82, 2.24) is 0 Å². The lowest BCUT2D eigenvalue weighted by Crippen LogP contribution is -2.25. The van der Waals surface area contributed by atoms with Crippen LogP contribution < -0.4 is 4.90 Å². The molecule has 0 N–H and O–H groups in total. The molecule has 5 nitrogen and oxygen atoms in total. The van der Waals surface area contributed by atoms with Crippen LogP contribution in [0.15, 0.2) is 41.6 Å². The molecule has 1 heterocycles. The molecule has 0 unspecified atom stereocenters. The lowest BCUT2D eigenvalue weighted by molar-refractivity contribution is -0.140. The highest BCUT2D eigenvalue weighted by Gasteiger charge is 2.33. The minimum absolute atomic E-state index is 0.162. The minimum atomic E-state index is -0.554. The number of likely N-dealkylation sites (N-methyl/N-ethyl adjacent to an activating group) is 1. The third kappa shape index (κ3) is 1.75. The van der Waals surface area contributed by atoms with Crippen LogP contribution in [0.5, 0.6) is 0 Å². The first-order valence-electron chi connectivity index (χ1n) is 6.15. The van der Waals surface area contributed by atoms with Crippen molar-refractivity contribution in [2.24, 2.45) is 5.16 Å². The van der Waals surface area contributed by atoms with E-state index in [-0.39, 0.29) is 11.6 Å². The Labute approximate surface area is 115 Å². The first-order valence-corrected chi connectivity index (χ1v) is 6.15. The number of benzene rings is 2. The molecule has 0 fully saturated rings. The number of hydrogen-bond acceptors (Lipinski definition) is 4. The predicted octanol–water partition coefficient (Wildman–Crippen LogP) is 2.08. The van der Waals surface area contributed by atoms with Gasteiger partial charge in [0, 0.05) is 19.5 Å². The summed E-state index contributed by atoms with van der Waals surface area (Å²) in [5.41, 5.74) is 1.63. The highest BCUT2D eigenvalue weighted by molar-refractivity contribution is 6.56. The van der Waals surface area contributed by atoms with Crippen LogP contribution in [0.1, 0.15) is 12.5 Å². The fourth-order valence-corrected chi connectivity index (χ4v) is 2.36. The van der Waals surface area contributed by atoms with Crippen LogP contribution in [-0.4, -0.2) is 24.6 Å². The van der Waals surface area contributed by atoms with Crippen LogP contribution in [0, 0.1) is 0 Å². The largest absolute Gasteiger partial charge is 0.332 e. The molecule has 0 saturated heterocycles. The molecule has 5 heteroatoms. The molecule has 20 heavy (non-hydrogen) atoms. The molecule has 3 rings (SSSR count). The standard InChI is InChI=1S/C15H12N2O3/c1-9(18)20-16-14-13-11-6-4-3-5-10(11)7-8-12(13)17(2)15(14)19/h3-8H,1-2H3/b16-14-. The van der Waals surface area contributed by atoms with Crippen LogP contribution in [0.3, 0.4) is 0 Å². The average Bonchev–Trinajstić information content (AvgIpc) is 2.69. The summed E-state index contributed by atoms with van der Waals surface area (Å²) in [7, 11) is 1.67. The number of fused-ring (bicyclic) bond motifs is 3. The molecule has 0 saturated carbocycles. The molecule has 2 aromatic carbocycles. The van der Waals surface area contributed by atoms with Gasteiger partial charge in [0.05, 0.1) is 5.69 Å². The molecule has 1 aliphatic heterocycles. The third-order valence-electron chi connectivity index (χ3n) is 3.28. The molecule has 1 amide bonds. The maximum atomic E-state index is 12.2. The van der Waals surface area contributed by atoms with Crippen molar-refractivity contribution < 1.29 is 14.4 Å². The van der Waals surface area contributed by atoms with Gasteiger partial charge in [0.15, 0.2) is 5.71 Å². The quantitative estimate of drug-likeness (QED) is 0.587. The molecular weight excluding hydrogens is 256 g/mol. The van der Waals surface area contributed by atoms with Gasteiger partial charge in [0.25, 0.3) is 5.91 Å². The van der Waals surface area contributed by atoms with E-state index < -0.39 is 5.97 Å². The molecule has 0 bridgehead atoms. The smallest absolute Gasteiger partial charge is 0.318 e. The molecule has 100 valence electrons. The number of carbonyl (C=O) groups is 2. The van der Waals surface area contributed by atoms with E-state index in [1.165, 1.54) is 11.8 Å². The average molecular weight is 268 g/mol. The first kappa shape index (κ1) is 12.3. The SMILES string of the molecule is CC(=O)O/N=C1\C(=O)N(C)c2ccc3ccccc3c21. The lowest BCUT2D eigenvalue weighted by atomic mass is 10.0. The molecule has 2 aromatic rings. The molecule has 1 aliphatic rings. The van der Waals surface area contributed by atoms with Crippen molar-refractivity contribution in [3.05, 3.63) is 42.0 Å². The molecule has 0 aromatic heterocycles. The van der Waals surface area contributed by atoms with Crippen LogP contribution in [0.4, 0.5) is 5.69 Å². The van der Waals surface area contributed by atoms with Crippen LogP contribution in [0.25, 0.3) is 10.8 Å². The number of amides is 1. The Bertz CT molecular complexity index is 765. The zero-order valence-electron chi connectivity index (χ0n) is 11.1. The van der Waals surface area contributed by atoms with Crippen molar-refractivity contribution in [3.8, 4) is 0 Å². The topological polar surface area (TPSA) is 59.0 Å². The van der Waals surface area contributed by atoms with Gasteiger partial charge in [0.1, 0.15) is 0 Å². The van der Waals surface area contributed by atoms with Gasteiger partial charge in [-0.2, -0.15) is 0 Å². The Balaban J connectivity index is 2.28. The second-order valence-corrected chi connectivity index (χ2v) is 4.57. The number of oxime groups is 1. The van der Waals surface area contributed by atoms with E-state index in [0.717, 1.165) is 16.5 Å². The Morgan fingerprint density at radius 1 is 1.20 bits per heavy atom. The van der Waals surface area contributed by atoms with Gasteiger partial charge >= 0.3 is 5.97 Å². The highest BCUT2D eigenvalue weighted by atomic mass is 16.7. The number of rotatable bonds is 1. The summed E-state index contributed by atoms with van der Waals surface area (Å²) in [5, 5.41) is 5.64. The van der Waals surface area contributed by atoms with E-state index in [2.05, 4.69) is 9.99 Å². The molecule has 0 aliphatic carbocycles. The van der Waals surface area contributed by atoms with Gasteiger partial charge < -0.3 is 9.74 Å². The van der Waals surface area contributed by atoms with Crippen molar-refractivity contribution >= 4 is 34.0 Å². The molecule has 0 radical (unpaired) electrons. The van der Waals surface area contributed by atoms with E-state index in [9.17, 15) is 9.59 Å². The molecule has 0 atom stereocenters. The van der Waals surface area contributed by atoms with Crippen LogP contribution in [-0.2, 0) is 14.4 Å². The minimum Gasteiger partial charge on any atom is -0.318 e. The number of anilines is 1. The Morgan fingerprint density at radius 2 is 1.95 bits per heavy atom. The highest BCUT2D eigenvalue weighted by Crippen LogP contribution is 2.34. The van der Waals surface area contributed by atoms with E-state index in [4.69, 9.17) is 0 Å². The maximum Gasteiger partial charge on any atom is 0.332 e. The zero-order valence-corrected chi connectivity index (χ0v) is 11.1. The summed E-state index contributed by atoms with van der Waals surface area (Å²) >= 11 is 0. The van der Waals surface area contributed by atoms with Gasteiger partial charge in [-0.1, -0.05) is 35.5 Å². The van der Waals surface area contributed by atoms with Crippen molar-refractivity contribution in [1.29, 1.82) is 0 Å². The van der Waals surface area contributed by atoms with Crippen molar-refractivity contribution in [2.75, 3.05) is 11.9 Å². The van der Waals surface area contributed by atoms with Gasteiger partial charge in [0.2, 0.25) is 0 Å². The fourth-order valence-electron chi connectivity index (χ4n) is 2.36. The fraction of sp³-hybridized carbons (Fsp3) is 0.133. The summed E-state index contributed by atoms with van der Waals surface area (Å²) in [4.78, 5) is 29.3. The number of nitrogens with zero attached hydrogens (tertiary/aromatic N) is 2. The van der Waals surface area contributed by atoms with Crippen molar-refractivity contribution in [3.63, 3.8) is 0 Å². The molecule has 0 spiro atoms. The van der Waals surface area contributed by atoms with Crippen LogP contribution >= 0.6 is 0 Å². The van der Waals surface area contributed by atoms with Crippen molar-refractivity contribution in [2.45, 2.75) is 6.92 Å². The Hall–Kier alpha value is -2.69. The predicted molar refractivity (Wildman–Crippen MR) is 75.7 cm³/mol. The maximum absolute atomic E-state index is 12.2. The summed E-state index contributed by atoms with van der Waals surface area (Å²) in [5.74, 6) is -0.834. The van der Waals surface area contributed by atoms with Gasteiger partial charge in [-0.15, -0.1) is 0 Å². The monoisotopic (exact) mass is 268 g/mol. The van der Waals surface area contributed by atoms with Gasteiger partial charge in [-0.25, -0.2) is 4.79 Å². The first-order chi connectivity index (χ1) is 9.59. The normalized spacial score (nSPS) is 15.8. The van der Waals surface area contributed by atoms with Gasteiger partial charge in [-0.3, -0.25) is 4.79 Å². The summed E-state index contributed by atoms with van der Waals surface area (Å²) < 4.78 is 0. The summed E-state index contributed by atoms with van der Waals surface area (Å²) in [6.45, 7) is 1.25. The van der Waals surface area contributed by atoms with E-state index in [1.807, 2.05) is 36.4 Å². The second kappa shape index (κ2) is 4.45. The number of carbonyl (C=O) groups excluding carboxylic acids is 2. The van der Waals surface area contributed by atoms with E-state index in [1.54, 1.807) is 7.05 Å². The van der Waals surface area contributed by atoms with Gasteiger partial charge in [-0.05, 0) is 16.8 Å². The molecular formula is C15H12N2O3. The Kier molecular flexibility index (Phi) is 2.75. The lowest BCUT2D eigenvalue weighted by Gasteiger charge is -2.09. The van der Waals surface area contributed by atoms with E-state index in [0.29, 0.717) is 5.56 Å². The summed E-state index contributed by atoms with van der Waals surface area (Å²) in [6.07, 6.45) is 0. The summed E-state index contributed by atoms with van der Waals surface area (Å²) in [6, 6.07) is 11.5. The Morgan fingerprint density at radius 3 is 2.70 bits per heavy atom. The third-order valence-corrected chi connectivity index (χ3v) is 3.28.